The molecule has 0 saturated carbocycles. The van der Waals surface area contributed by atoms with E-state index in [1.54, 1.807) is 0 Å². The minimum atomic E-state index is -2.55. The molecule has 176 valence electrons. The van der Waals surface area contributed by atoms with Gasteiger partial charge in [0.25, 0.3) is 0 Å². The first-order valence-electron chi connectivity index (χ1n) is 10.8. The van der Waals surface area contributed by atoms with Gasteiger partial charge in [-0.1, -0.05) is 31.5 Å². The summed E-state index contributed by atoms with van der Waals surface area (Å²) in [4.78, 5) is 0. The van der Waals surface area contributed by atoms with Crippen LogP contribution in [0, 0.1) is 34.9 Å². The van der Waals surface area contributed by atoms with Crippen LogP contribution in [-0.4, -0.2) is 25.1 Å². The second-order valence-corrected chi connectivity index (χ2v) is 8.62. The zero-order valence-corrected chi connectivity index (χ0v) is 18.7. The molecule has 0 fully saturated rings. The molecule has 0 heterocycles. The summed E-state index contributed by atoms with van der Waals surface area (Å²) < 4.78 is 92.0. The van der Waals surface area contributed by atoms with Gasteiger partial charge in [0.2, 0.25) is 0 Å². The summed E-state index contributed by atoms with van der Waals surface area (Å²) in [5.74, 6) is -6.99. The van der Waals surface area contributed by atoms with Crippen LogP contribution in [0.5, 0.6) is 0 Å². The van der Waals surface area contributed by atoms with E-state index in [-0.39, 0.29) is 6.54 Å². The van der Waals surface area contributed by atoms with Gasteiger partial charge in [0.05, 0.1) is 37.3 Å². The van der Waals surface area contributed by atoms with Crippen LogP contribution in [0.2, 0.25) is 0 Å². The quantitative estimate of drug-likeness (QED) is 0.144. The van der Waals surface area contributed by atoms with E-state index in [0.717, 1.165) is 61.0 Å². The van der Waals surface area contributed by atoms with Gasteiger partial charge >= 0.3 is 0 Å². The van der Waals surface area contributed by atoms with Crippen molar-refractivity contribution in [3.63, 3.8) is 0 Å². The molecule has 0 aromatic heterocycles. The van der Waals surface area contributed by atoms with E-state index >= 15 is 26.3 Å². The first-order valence-corrected chi connectivity index (χ1v) is 10.8. The third-order valence-corrected chi connectivity index (χ3v) is 6.20. The molecule has 7 heteroatoms. The van der Waals surface area contributed by atoms with Crippen LogP contribution in [0.25, 0.3) is 0 Å². The van der Waals surface area contributed by atoms with Gasteiger partial charge in [-0.2, -0.15) is 0 Å². The van der Waals surface area contributed by atoms with E-state index in [9.17, 15) is 0 Å². The Kier molecular flexibility index (Phi) is 7.22. The maximum Gasteiger partial charge on any atom is 0.193 e. The molecule has 0 saturated heterocycles. The number of benzene rings is 3. The van der Waals surface area contributed by atoms with Gasteiger partial charge in [0.1, 0.15) is 34.9 Å². The zero-order valence-electron chi connectivity index (χ0n) is 18.7. The lowest BCUT2D eigenvalue weighted by Gasteiger charge is -2.49. The third kappa shape index (κ3) is 4.14. The number of halogens is 6. The van der Waals surface area contributed by atoms with Crippen molar-refractivity contribution >= 4 is 0 Å². The molecular formula is C26H26F6N+. The van der Waals surface area contributed by atoms with E-state index in [1.165, 1.54) is 14.1 Å². The van der Waals surface area contributed by atoms with Gasteiger partial charge in [-0.15, -0.1) is 0 Å². The van der Waals surface area contributed by atoms with Crippen molar-refractivity contribution in [3.8, 4) is 0 Å². The molecule has 3 aromatic carbocycles. The van der Waals surface area contributed by atoms with Gasteiger partial charge in [-0.3, -0.25) is 0 Å². The highest BCUT2D eigenvalue weighted by Gasteiger charge is 2.58. The predicted molar refractivity (Wildman–Crippen MR) is 115 cm³/mol. The van der Waals surface area contributed by atoms with E-state index in [2.05, 4.69) is 0 Å². The van der Waals surface area contributed by atoms with E-state index in [0.29, 0.717) is 12.8 Å². The normalized spacial score (nSPS) is 12.3. The maximum absolute atomic E-state index is 15.4. The molecule has 0 aliphatic heterocycles. The Bertz CT molecular complexity index is 956. The number of hydrogen-bond donors (Lipinski definition) is 0. The van der Waals surface area contributed by atoms with Gasteiger partial charge < -0.3 is 4.48 Å². The largest absolute Gasteiger partial charge is 0.312 e. The number of rotatable bonds is 8. The molecule has 3 aromatic rings. The maximum atomic E-state index is 15.4. The van der Waals surface area contributed by atoms with Crippen LogP contribution >= 0.6 is 0 Å². The second kappa shape index (κ2) is 9.59. The van der Waals surface area contributed by atoms with E-state index in [4.69, 9.17) is 0 Å². The standard InChI is InChI=1S/C26H26F6N/c1-4-5-6-16-33(2,3)26(23-17(27)10-7-11-18(23)28,24-19(29)12-8-13-20(24)30)25-21(31)14-9-15-22(25)32/h7-15H,4-6,16H2,1-3H3/q+1. The van der Waals surface area contributed by atoms with Crippen molar-refractivity contribution in [1.82, 2.24) is 0 Å². The van der Waals surface area contributed by atoms with Crippen LogP contribution in [0.1, 0.15) is 42.9 Å². The van der Waals surface area contributed by atoms with E-state index in [1.807, 2.05) is 6.92 Å². The summed E-state index contributed by atoms with van der Waals surface area (Å²) in [7, 11) is 2.94. The lowest BCUT2D eigenvalue weighted by molar-refractivity contribution is -0.937. The summed E-state index contributed by atoms with van der Waals surface area (Å²) in [6.07, 6.45) is 1.99. The van der Waals surface area contributed by atoms with E-state index < -0.39 is 61.6 Å². The number of hydrogen-bond acceptors (Lipinski definition) is 0. The van der Waals surface area contributed by atoms with Gasteiger partial charge in [-0.25, -0.2) is 26.3 Å². The molecule has 0 N–H and O–H groups in total. The Morgan fingerprint density at radius 1 is 0.576 bits per heavy atom. The first-order chi connectivity index (χ1) is 15.6. The smallest absolute Gasteiger partial charge is 0.193 e. The Morgan fingerprint density at radius 3 is 1.15 bits per heavy atom. The monoisotopic (exact) mass is 466 g/mol. The van der Waals surface area contributed by atoms with Gasteiger partial charge in [-0.05, 0) is 49.2 Å². The highest BCUT2D eigenvalue weighted by atomic mass is 19.2. The molecular weight excluding hydrogens is 440 g/mol. The first kappa shape index (κ1) is 24.8. The predicted octanol–water partition coefficient (Wildman–Crippen LogP) is 7.08. The van der Waals surface area contributed by atoms with Crippen molar-refractivity contribution in [2.75, 3.05) is 20.6 Å². The molecule has 0 atom stereocenters. The lowest BCUT2D eigenvalue weighted by atomic mass is 9.72. The summed E-state index contributed by atoms with van der Waals surface area (Å²) >= 11 is 0. The molecule has 0 radical (unpaired) electrons. The SMILES string of the molecule is CCCCC[N+](C)(C)C(c1c(F)cccc1F)(c1c(F)cccc1F)c1c(F)cccc1F. The van der Waals surface area contributed by atoms with Crippen molar-refractivity contribution in [3.05, 3.63) is 106 Å². The Balaban J connectivity index is 2.63. The highest BCUT2D eigenvalue weighted by molar-refractivity contribution is 5.50. The van der Waals surface area contributed by atoms with Crippen molar-refractivity contribution in [1.29, 1.82) is 0 Å². The molecule has 33 heavy (non-hydrogen) atoms. The van der Waals surface area contributed by atoms with Crippen LogP contribution in [-0.2, 0) is 5.54 Å². The topological polar surface area (TPSA) is 0 Å². The fraction of sp³-hybridized carbons (Fsp3) is 0.308. The summed E-state index contributed by atoms with van der Waals surface area (Å²) in [5.41, 5.74) is -5.01. The molecule has 0 spiro atoms. The Hall–Kier alpha value is -2.80. The number of nitrogens with zero attached hydrogens (tertiary/aromatic N) is 1. The Labute approximate surface area is 189 Å². The van der Waals surface area contributed by atoms with Crippen LogP contribution in [0.4, 0.5) is 26.3 Å². The second-order valence-electron chi connectivity index (χ2n) is 8.62. The zero-order chi connectivity index (χ0) is 24.4. The Morgan fingerprint density at radius 2 is 0.879 bits per heavy atom. The van der Waals surface area contributed by atoms with Crippen LogP contribution in [0.3, 0.4) is 0 Å². The van der Waals surface area contributed by atoms with Crippen molar-refractivity contribution < 1.29 is 30.8 Å². The molecule has 0 amide bonds. The van der Waals surface area contributed by atoms with Crippen molar-refractivity contribution in [2.24, 2.45) is 0 Å². The molecule has 0 unspecified atom stereocenters. The van der Waals surface area contributed by atoms with Crippen LogP contribution < -0.4 is 0 Å². The molecule has 3 rings (SSSR count). The highest BCUT2D eigenvalue weighted by Crippen LogP contribution is 2.50. The minimum absolute atomic E-state index is 0.128. The molecule has 0 bridgehead atoms. The van der Waals surface area contributed by atoms with Crippen molar-refractivity contribution in [2.45, 2.75) is 31.7 Å². The summed E-state index contributed by atoms with van der Waals surface area (Å²) in [6, 6.07) is 8.75. The number of quaternary nitrogens is 1. The third-order valence-electron chi connectivity index (χ3n) is 6.20. The number of unbranched alkanes of at least 4 members (excludes halogenated alkanes) is 2. The molecule has 0 aliphatic rings. The fourth-order valence-electron chi connectivity index (χ4n) is 4.74. The van der Waals surface area contributed by atoms with Gasteiger partial charge in [0.15, 0.2) is 5.54 Å². The van der Waals surface area contributed by atoms with Gasteiger partial charge in [0, 0.05) is 0 Å². The summed E-state index contributed by atoms with van der Waals surface area (Å²) in [6.45, 7) is 2.07. The lowest BCUT2D eigenvalue weighted by Crippen LogP contribution is -2.61. The molecule has 0 aliphatic carbocycles. The average molecular weight is 466 g/mol. The summed E-state index contributed by atoms with van der Waals surface area (Å²) in [5, 5.41) is 0. The average Bonchev–Trinajstić information content (AvgIpc) is 2.72. The van der Waals surface area contributed by atoms with Crippen LogP contribution in [0.15, 0.2) is 54.6 Å². The minimum Gasteiger partial charge on any atom is -0.312 e. The fourth-order valence-corrected chi connectivity index (χ4v) is 4.74. The molecule has 1 nitrogen and oxygen atoms in total.